The third-order valence-electron chi connectivity index (χ3n) is 6.17. The monoisotopic (exact) mass is 409 g/mol. The molecule has 4 heteroatoms. The highest BCUT2D eigenvalue weighted by atomic mass is 16.2. The number of nitrogens with zero attached hydrogens (tertiary/aromatic N) is 3. The van der Waals surface area contributed by atoms with Gasteiger partial charge in [-0.1, -0.05) is 72.8 Å². The molecule has 31 heavy (non-hydrogen) atoms. The number of carbonyl (C=O) groups excluding carboxylic acids is 1. The molecular formula is C27H27N3O. The van der Waals surface area contributed by atoms with Crippen molar-refractivity contribution in [3.8, 4) is 0 Å². The fourth-order valence-electron chi connectivity index (χ4n) is 4.63. The summed E-state index contributed by atoms with van der Waals surface area (Å²) in [5.74, 6) is 1.41. The summed E-state index contributed by atoms with van der Waals surface area (Å²) in [5.41, 5.74) is 4.72. The summed E-state index contributed by atoms with van der Waals surface area (Å²) in [6.07, 6.45) is 2.62. The van der Waals surface area contributed by atoms with Gasteiger partial charge in [-0.25, -0.2) is 4.98 Å². The highest BCUT2D eigenvalue weighted by Gasteiger charge is 2.33. The van der Waals surface area contributed by atoms with E-state index in [4.69, 9.17) is 4.98 Å². The summed E-state index contributed by atoms with van der Waals surface area (Å²) in [4.78, 5) is 19.7. The number of aromatic nitrogens is 2. The Hall–Kier alpha value is -3.40. The van der Waals surface area contributed by atoms with Crippen LogP contribution in [0, 0.1) is 0 Å². The van der Waals surface area contributed by atoms with E-state index >= 15 is 0 Å². The van der Waals surface area contributed by atoms with Crippen LogP contribution in [0.1, 0.15) is 35.7 Å². The zero-order valence-corrected chi connectivity index (χ0v) is 17.7. The highest BCUT2D eigenvalue weighted by molar-refractivity contribution is 5.81. The van der Waals surface area contributed by atoms with Crippen LogP contribution in [0.15, 0.2) is 84.9 Å². The van der Waals surface area contributed by atoms with Crippen LogP contribution in [0.25, 0.3) is 11.0 Å². The third-order valence-corrected chi connectivity index (χ3v) is 6.17. The van der Waals surface area contributed by atoms with Crippen molar-refractivity contribution >= 4 is 16.9 Å². The minimum Gasteiger partial charge on any atom is -0.338 e. The Bertz CT molecular complexity index is 1170. The SMILES string of the molecule is O=C1C[C@H](c2nc3ccccc3n2CCCc2ccccc2)CN1Cc1ccccc1. The average molecular weight is 410 g/mol. The molecule has 0 aliphatic carbocycles. The van der Waals surface area contributed by atoms with Gasteiger partial charge in [0, 0.05) is 32.0 Å². The van der Waals surface area contributed by atoms with Gasteiger partial charge in [0.1, 0.15) is 5.82 Å². The van der Waals surface area contributed by atoms with E-state index in [1.54, 1.807) is 0 Å². The number of benzene rings is 3. The second-order valence-corrected chi connectivity index (χ2v) is 8.36. The lowest BCUT2D eigenvalue weighted by Crippen LogP contribution is -2.24. The molecule has 1 aromatic heterocycles. The minimum atomic E-state index is 0.139. The van der Waals surface area contributed by atoms with Crippen LogP contribution in [-0.4, -0.2) is 26.9 Å². The number of para-hydroxylation sites is 2. The summed E-state index contributed by atoms with van der Waals surface area (Å²) >= 11 is 0. The molecule has 5 rings (SSSR count). The summed E-state index contributed by atoms with van der Waals surface area (Å²) in [5, 5.41) is 0. The topological polar surface area (TPSA) is 38.1 Å². The molecule has 1 aliphatic heterocycles. The van der Waals surface area contributed by atoms with Gasteiger partial charge in [-0.3, -0.25) is 4.79 Å². The molecule has 1 atom stereocenters. The van der Waals surface area contributed by atoms with Crippen molar-refractivity contribution in [2.75, 3.05) is 6.54 Å². The molecule has 0 radical (unpaired) electrons. The van der Waals surface area contributed by atoms with Crippen LogP contribution in [0.5, 0.6) is 0 Å². The number of likely N-dealkylation sites (tertiary alicyclic amines) is 1. The highest BCUT2D eigenvalue weighted by Crippen LogP contribution is 2.31. The van der Waals surface area contributed by atoms with Gasteiger partial charge < -0.3 is 9.47 Å². The zero-order chi connectivity index (χ0) is 21.0. The van der Waals surface area contributed by atoms with E-state index in [9.17, 15) is 4.79 Å². The van der Waals surface area contributed by atoms with Gasteiger partial charge in [0.2, 0.25) is 5.91 Å². The van der Waals surface area contributed by atoms with Crippen LogP contribution >= 0.6 is 0 Å². The Balaban J connectivity index is 1.36. The maximum Gasteiger partial charge on any atom is 0.223 e. The predicted octanol–water partition coefficient (Wildman–Crippen LogP) is 5.19. The molecular weight excluding hydrogens is 382 g/mol. The number of carbonyl (C=O) groups is 1. The molecule has 0 saturated carbocycles. The van der Waals surface area contributed by atoms with Crippen LogP contribution in [0.3, 0.4) is 0 Å². The first kappa shape index (κ1) is 19.6. The van der Waals surface area contributed by atoms with E-state index in [-0.39, 0.29) is 11.8 Å². The van der Waals surface area contributed by atoms with Crippen molar-refractivity contribution in [2.45, 2.75) is 38.3 Å². The molecule has 4 nitrogen and oxygen atoms in total. The molecule has 1 amide bonds. The van der Waals surface area contributed by atoms with Gasteiger partial charge in [-0.05, 0) is 36.1 Å². The van der Waals surface area contributed by atoms with Crippen LogP contribution in [0.2, 0.25) is 0 Å². The Kier molecular flexibility index (Phi) is 5.53. The van der Waals surface area contributed by atoms with Crippen molar-refractivity contribution in [1.82, 2.24) is 14.5 Å². The second kappa shape index (κ2) is 8.76. The van der Waals surface area contributed by atoms with Gasteiger partial charge >= 0.3 is 0 Å². The third kappa shape index (κ3) is 4.24. The van der Waals surface area contributed by atoms with Gasteiger partial charge in [0.05, 0.1) is 11.0 Å². The molecule has 0 N–H and O–H groups in total. The van der Waals surface area contributed by atoms with E-state index in [0.717, 1.165) is 37.3 Å². The zero-order valence-electron chi connectivity index (χ0n) is 17.7. The Morgan fingerprint density at radius 2 is 1.52 bits per heavy atom. The first-order valence-corrected chi connectivity index (χ1v) is 11.1. The number of hydrogen-bond acceptors (Lipinski definition) is 2. The molecule has 4 aromatic rings. The van der Waals surface area contributed by atoms with E-state index in [2.05, 4.69) is 65.2 Å². The van der Waals surface area contributed by atoms with Crippen molar-refractivity contribution in [2.24, 2.45) is 0 Å². The van der Waals surface area contributed by atoms with Crippen LogP contribution in [0.4, 0.5) is 0 Å². The Morgan fingerprint density at radius 1 is 0.839 bits per heavy atom. The van der Waals surface area contributed by atoms with Crippen LogP contribution < -0.4 is 0 Å². The first-order valence-electron chi connectivity index (χ1n) is 11.1. The number of aryl methyl sites for hydroxylation is 2. The lowest BCUT2D eigenvalue weighted by molar-refractivity contribution is -0.128. The van der Waals surface area contributed by atoms with Crippen molar-refractivity contribution < 1.29 is 4.79 Å². The van der Waals surface area contributed by atoms with Crippen molar-refractivity contribution in [1.29, 1.82) is 0 Å². The standard InChI is InChI=1S/C27H27N3O/c31-26-18-23(20-29(26)19-22-12-5-2-6-13-22)27-28-24-15-7-8-16-25(24)30(27)17-9-14-21-10-3-1-4-11-21/h1-8,10-13,15-16,23H,9,14,17-20H2/t23-/m0/s1. The molecule has 0 bridgehead atoms. The fraction of sp³-hybridized carbons (Fsp3) is 0.259. The van der Waals surface area contributed by atoms with Crippen LogP contribution in [-0.2, 0) is 24.3 Å². The van der Waals surface area contributed by atoms with Gasteiger partial charge in [0.15, 0.2) is 0 Å². The maximum atomic E-state index is 12.8. The Morgan fingerprint density at radius 3 is 2.29 bits per heavy atom. The average Bonchev–Trinajstić information content (AvgIpc) is 3.36. The van der Waals surface area contributed by atoms with Gasteiger partial charge in [-0.2, -0.15) is 0 Å². The van der Waals surface area contributed by atoms with Crippen molar-refractivity contribution in [3.63, 3.8) is 0 Å². The van der Waals surface area contributed by atoms with Crippen molar-refractivity contribution in [3.05, 3.63) is 102 Å². The van der Waals surface area contributed by atoms with E-state index < -0.39 is 0 Å². The number of amides is 1. The Labute approximate surface area is 183 Å². The normalized spacial score (nSPS) is 16.3. The molecule has 2 heterocycles. The molecule has 1 aliphatic rings. The minimum absolute atomic E-state index is 0.139. The van der Waals surface area contributed by atoms with Gasteiger partial charge in [-0.15, -0.1) is 0 Å². The smallest absolute Gasteiger partial charge is 0.223 e. The van der Waals surface area contributed by atoms with Gasteiger partial charge in [0.25, 0.3) is 0 Å². The summed E-state index contributed by atoms with van der Waals surface area (Å²) < 4.78 is 2.35. The molecule has 1 saturated heterocycles. The molecule has 156 valence electrons. The van der Waals surface area contributed by atoms with E-state index in [1.165, 1.54) is 16.6 Å². The fourth-order valence-corrected chi connectivity index (χ4v) is 4.63. The number of fused-ring (bicyclic) bond motifs is 1. The van der Waals surface area contributed by atoms with E-state index in [0.29, 0.717) is 13.0 Å². The second-order valence-electron chi connectivity index (χ2n) is 8.36. The lowest BCUT2D eigenvalue weighted by Gasteiger charge is -2.17. The molecule has 0 spiro atoms. The molecule has 0 unspecified atom stereocenters. The summed E-state index contributed by atoms with van der Waals surface area (Å²) in [6, 6.07) is 29.2. The van der Waals surface area contributed by atoms with E-state index in [1.807, 2.05) is 29.2 Å². The quantitative estimate of drug-likeness (QED) is 0.422. The number of imidazole rings is 1. The number of rotatable bonds is 7. The first-order chi connectivity index (χ1) is 15.3. The predicted molar refractivity (Wildman–Crippen MR) is 124 cm³/mol. The summed E-state index contributed by atoms with van der Waals surface area (Å²) in [6.45, 7) is 2.31. The molecule has 1 fully saturated rings. The summed E-state index contributed by atoms with van der Waals surface area (Å²) in [7, 11) is 0. The lowest BCUT2D eigenvalue weighted by atomic mass is 10.1. The number of hydrogen-bond donors (Lipinski definition) is 0. The maximum absolute atomic E-state index is 12.8. The molecule has 3 aromatic carbocycles. The largest absolute Gasteiger partial charge is 0.338 e.